The average molecular weight is 237 g/mol. The van der Waals surface area contributed by atoms with E-state index in [4.69, 9.17) is 16.9 Å². The molecule has 0 heterocycles. The van der Waals surface area contributed by atoms with E-state index in [2.05, 4.69) is 0 Å². The van der Waals surface area contributed by atoms with Gasteiger partial charge in [-0.2, -0.15) is 5.26 Å². The number of amides is 1. The van der Waals surface area contributed by atoms with Crippen LogP contribution in [0.4, 0.5) is 5.69 Å². The number of carbonyl (C=O) groups is 1. The molecule has 0 N–H and O–H groups in total. The fourth-order valence-electron chi connectivity index (χ4n) is 1.35. The summed E-state index contributed by atoms with van der Waals surface area (Å²) in [7, 11) is 0. The predicted molar refractivity (Wildman–Crippen MR) is 64.3 cm³/mol. The van der Waals surface area contributed by atoms with E-state index in [1.54, 1.807) is 11.8 Å². The molecular weight excluding hydrogens is 224 g/mol. The Bertz CT molecular complexity index is 384. The maximum atomic E-state index is 11.8. The molecule has 1 aromatic carbocycles. The van der Waals surface area contributed by atoms with Crippen LogP contribution in [0.2, 0.25) is 0 Å². The maximum absolute atomic E-state index is 11.8. The minimum Gasteiger partial charge on any atom is -0.310 e. The molecule has 0 aliphatic heterocycles. The molecule has 0 aromatic heterocycles. The molecule has 0 radical (unpaired) electrons. The van der Waals surface area contributed by atoms with Gasteiger partial charge in [0.2, 0.25) is 5.91 Å². The van der Waals surface area contributed by atoms with Crippen molar-refractivity contribution in [1.29, 1.82) is 5.26 Å². The van der Waals surface area contributed by atoms with Gasteiger partial charge in [0.15, 0.2) is 0 Å². The molecule has 1 amide bonds. The van der Waals surface area contributed by atoms with Crippen molar-refractivity contribution in [2.24, 2.45) is 0 Å². The number of para-hydroxylation sites is 1. The summed E-state index contributed by atoms with van der Waals surface area (Å²) in [5, 5.41) is 7.98. The summed E-state index contributed by atoms with van der Waals surface area (Å²) in [4.78, 5) is 13.4. The highest BCUT2D eigenvalue weighted by Gasteiger charge is 2.19. The van der Waals surface area contributed by atoms with Crippen LogP contribution in [0.15, 0.2) is 30.3 Å². The molecule has 1 atom stereocenters. The molecule has 1 aromatic rings. The van der Waals surface area contributed by atoms with E-state index in [1.807, 2.05) is 36.4 Å². The zero-order valence-corrected chi connectivity index (χ0v) is 9.81. The largest absolute Gasteiger partial charge is 0.310 e. The first kappa shape index (κ1) is 12.5. The van der Waals surface area contributed by atoms with Crippen molar-refractivity contribution >= 4 is 23.2 Å². The van der Waals surface area contributed by atoms with Gasteiger partial charge in [0.05, 0.1) is 12.5 Å². The normalized spacial score (nSPS) is 11.6. The first-order chi connectivity index (χ1) is 7.66. The van der Waals surface area contributed by atoms with E-state index in [9.17, 15) is 4.79 Å². The van der Waals surface area contributed by atoms with Crippen LogP contribution in [0.25, 0.3) is 0 Å². The zero-order valence-electron chi connectivity index (χ0n) is 9.06. The van der Waals surface area contributed by atoms with Crippen molar-refractivity contribution in [3.05, 3.63) is 30.3 Å². The van der Waals surface area contributed by atoms with Crippen LogP contribution in [0.5, 0.6) is 0 Å². The van der Waals surface area contributed by atoms with Crippen LogP contribution in [0, 0.1) is 11.3 Å². The maximum Gasteiger partial charge on any atom is 0.244 e. The summed E-state index contributed by atoms with van der Waals surface area (Å²) in [5.41, 5.74) is 0.773. The highest BCUT2D eigenvalue weighted by molar-refractivity contribution is 6.32. The van der Waals surface area contributed by atoms with Crippen molar-refractivity contribution in [2.45, 2.75) is 18.7 Å². The molecule has 0 aliphatic carbocycles. The summed E-state index contributed by atoms with van der Waals surface area (Å²) < 4.78 is 0. The third-order valence-electron chi connectivity index (χ3n) is 2.12. The highest BCUT2D eigenvalue weighted by Crippen LogP contribution is 2.16. The van der Waals surface area contributed by atoms with Gasteiger partial charge in [-0.15, -0.1) is 11.6 Å². The molecule has 0 fully saturated rings. The molecule has 4 heteroatoms. The van der Waals surface area contributed by atoms with Crippen LogP contribution in [0.1, 0.15) is 13.3 Å². The fourth-order valence-corrected chi connectivity index (χ4v) is 1.47. The molecule has 1 unspecified atom stereocenters. The lowest BCUT2D eigenvalue weighted by molar-refractivity contribution is -0.118. The second-order valence-corrected chi connectivity index (χ2v) is 4.00. The third kappa shape index (κ3) is 3.25. The Kier molecular flexibility index (Phi) is 4.81. The molecule has 0 bridgehead atoms. The van der Waals surface area contributed by atoms with E-state index in [0.29, 0.717) is 13.0 Å². The van der Waals surface area contributed by atoms with E-state index < -0.39 is 5.38 Å². The van der Waals surface area contributed by atoms with E-state index in [-0.39, 0.29) is 5.91 Å². The van der Waals surface area contributed by atoms with Gasteiger partial charge >= 0.3 is 0 Å². The number of nitrogens with zero attached hydrogens (tertiary/aromatic N) is 2. The quantitative estimate of drug-likeness (QED) is 0.755. The smallest absolute Gasteiger partial charge is 0.244 e. The van der Waals surface area contributed by atoms with Crippen LogP contribution >= 0.6 is 11.6 Å². The monoisotopic (exact) mass is 236 g/mol. The highest BCUT2D eigenvalue weighted by atomic mass is 35.5. The molecule has 16 heavy (non-hydrogen) atoms. The number of alkyl halides is 1. The topological polar surface area (TPSA) is 44.1 Å². The summed E-state index contributed by atoms with van der Waals surface area (Å²) in [6.07, 6.45) is 0.296. The van der Waals surface area contributed by atoms with Crippen LogP contribution in [-0.2, 0) is 4.79 Å². The van der Waals surface area contributed by atoms with Crippen molar-refractivity contribution in [3.8, 4) is 6.07 Å². The Morgan fingerprint density at radius 3 is 2.62 bits per heavy atom. The molecule has 1 rings (SSSR count). The number of rotatable bonds is 4. The van der Waals surface area contributed by atoms with E-state index >= 15 is 0 Å². The van der Waals surface area contributed by atoms with Gasteiger partial charge < -0.3 is 4.90 Å². The Morgan fingerprint density at radius 2 is 2.12 bits per heavy atom. The first-order valence-corrected chi connectivity index (χ1v) is 5.48. The first-order valence-electron chi connectivity index (χ1n) is 5.04. The van der Waals surface area contributed by atoms with Gasteiger partial charge in [-0.1, -0.05) is 18.2 Å². The molecule has 0 saturated carbocycles. The fraction of sp³-hybridized carbons (Fsp3) is 0.333. The molecular formula is C12H13ClN2O. The number of hydrogen-bond acceptors (Lipinski definition) is 2. The van der Waals surface area contributed by atoms with Crippen LogP contribution < -0.4 is 4.90 Å². The minimum absolute atomic E-state index is 0.178. The molecule has 0 aliphatic rings. The summed E-state index contributed by atoms with van der Waals surface area (Å²) in [5.74, 6) is -0.178. The van der Waals surface area contributed by atoms with Crippen LogP contribution in [-0.4, -0.2) is 17.8 Å². The van der Waals surface area contributed by atoms with Crippen molar-refractivity contribution in [1.82, 2.24) is 0 Å². The lowest BCUT2D eigenvalue weighted by Crippen LogP contribution is -2.36. The summed E-state index contributed by atoms with van der Waals surface area (Å²) in [6, 6.07) is 11.3. The number of anilines is 1. The van der Waals surface area contributed by atoms with Gasteiger partial charge in [-0.3, -0.25) is 4.79 Å². The lowest BCUT2D eigenvalue weighted by atomic mass is 10.2. The average Bonchev–Trinajstić information content (AvgIpc) is 2.30. The minimum atomic E-state index is -0.584. The number of hydrogen-bond donors (Lipinski definition) is 0. The van der Waals surface area contributed by atoms with E-state index in [0.717, 1.165) is 5.69 Å². The molecule has 0 saturated heterocycles. The Morgan fingerprint density at radius 1 is 1.50 bits per heavy atom. The molecule has 0 spiro atoms. The number of benzene rings is 1. The number of halogens is 1. The van der Waals surface area contributed by atoms with Gasteiger partial charge in [0.1, 0.15) is 5.38 Å². The number of carbonyl (C=O) groups excluding carboxylic acids is 1. The van der Waals surface area contributed by atoms with Gasteiger partial charge in [-0.05, 0) is 19.1 Å². The van der Waals surface area contributed by atoms with Gasteiger partial charge in [0.25, 0.3) is 0 Å². The Hall–Kier alpha value is -1.53. The standard InChI is InChI=1S/C12H13ClN2O/c1-10(13)12(16)15(9-5-8-14)11-6-3-2-4-7-11/h2-4,6-7,10H,5,9H2,1H3. The second kappa shape index (κ2) is 6.14. The molecule has 3 nitrogen and oxygen atoms in total. The van der Waals surface area contributed by atoms with Crippen molar-refractivity contribution < 1.29 is 4.79 Å². The summed E-state index contributed by atoms with van der Waals surface area (Å²) in [6.45, 7) is 2.00. The second-order valence-electron chi connectivity index (χ2n) is 3.35. The Balaban J connectivity index is 2.88. The summed E-state index contributed by atoms with van der Waals surface area (Å²) >= 11 is 5.78. The van der Waals surface area contributed by atoms with E-state index in [1.165, 1.54) is 0 Å². The SMILES string of the molecule is CC(Cl)C(=O)N(CCC#N)c1ccccc1. The Labute approximate surface area is 100 Å². The van der Waals surface area contributed by atoms with Crippen molar-refractivity contribution in [2.75, 3.05) is 11.4 Å². The lowest BCUT2D eigenvalue weighted by Gasteiger charge is -2.22. The van der Waals surface area contributed by atoms with Crippen molar-refractivity contribution in [3.63, 3.8) is 0 Å². The van der Waals surface area contributed by atoms with Gasteiger partial charge in [0, 0.05) is 12.2 Å². The van der Waals surface area contributed by atoms with Gasteiger partial charge in [-0.25, -0.2) is 0 Å². The predicted octanol–water partition coefficient (Wildman–Crippen LogP) is 2.56. The third-order valence-corrected chi connectivity index (χ3v) is 2.31. The number of nitriles is 1. The molecule has 84 valence electrons. The zero-order chi connectivity index (χ0) is 12.0. The van der Waals surface area contributed by atoms with Crippen LogP contribution in [0.3, 0.4) is 0 Å².